The molecular weight excluding hydrogens is 267 g/mol. The molecule has 0 amide bonds. The molecule has 1 aromatic carbocycles. The maximum atomic E-state index is 13.0. The molecule has 102 valence electrons. The number of benzene rings is 1. The van der Waals surface area contributed by atoms with Crippen molar-refractivity contribution in [2.75, 3.05) is 0 Å². The van der Waals surface area contributed by atoms with Crippen molar-refractivity contribution < 1.29 is 12.8 Å². The van der Waals surface area contributed by atoms with Crippen molar-refractivity contribution in [2.45, 2.75) is 43.0 Å². The number of nitrogens with zero attached hydrogens (tertiary/aromatic N) is 1. The molecule has 0 aliphatic heterocycles. The molecule has 1 aliphatic rings. The predicted octanol–water partition coefficient (Wildman–Crippen LogP) is 2.25. The number of nitriles is 1. The van der Waals surface area contributed by atoms with Gasteiger partial charge in [-0.3, -0.25) is 0 Å². The summed E-state index contributed by atoms with van der Waals surface area (Å²) >= 11 is 0. The van der Waals surface area contributed by atoms with Gasteiger partial charge in [0.15, 0.2) is 0 Å². The molecule has 0 radical (unpaired) electrons. The Morgan fingerprint density at radius 1 is 1.37 bits per heavy atom. The van der Waals surface area contributed by atoms with Crippen LogP contribution >= 0.6 is 0 Å². The van der Waals surface area contributed by atoms with E-state index in [1.165, 1.54) is 19.1 Å². The molecule has 0 bridgehead atoms. The van der Waals surface area contributed by atoms with Gasteiger partial charge in [0.05, 0.1) is 11.0 Å². The van der Waals surface area contributed by atoms with Crippen molar-refractivity contribution in [3.63, 3.8) is 0 Å². The summed E-state index contributed by atoms with van der Waals surface area (Å²) in [6, 6.07) is 5.57. The van der Waals surface area contributed by atoms with Crippen LogP contribution in [0, 0.1) is 24.1 Å². The zero-order chi connectivity index (χ0) is 14.1. The Balaban J connectivity index is 2.35. The highest BCUT2D eigenvalue weighted by atomic mass is 32.2. The minimum atomic E-state index is -3.80. The van der Waals surface area contributed by atoms with Crippen LogP contribution in [0.1, 0.15) is 31.2 Å². The summed E-state index contributed by atoms with van der Waals surface area (Å²) in [4.78, 5) is 0.0235. The second kappa shape index (κ2) is 4.91. The minimum Gasteiger partial charge on any atom is -0.207 e. The molecule has 0 unspecified atom stereocenters. The van der Waals surface area contributed by atoms with Gasteiger partial charge in [0.25, 0.3) is 0 Å². The number of hydrogen-bond donors (Lipinski definition) is 1. The molecule has 1 fully saturated rings. The maximum absolute atomic E-state index is 13.0. The molecule has 1 N–H and O–H groups in total. The van der Waals surface area contributed by atoms with E-state index < -0.39 is 21.4 Å². The lowest BCUT2D eigenvalue weighted by atomic mass is 10.0. The van der Waals surface area contributed by atoms with Crippen molar-refractivity contribution >= 4 is 10.0 Å². The van der Waals surface area contributed by atoms with E-state index in [9.17, 15) is 18.1 Å². The topological polar surface area (TPSA) is 70.0 Å². The number of nitrogens with one attached hydrogen (secondary N) is 1. The highest BCUT2D eigenvalue weighted by Crippen LogP contribution is 2.31. The van der Waals surface area contributed by atoms with Crippen LogP contribution in [0.25, 0.3) is 0 Å². The van der Waals surface area contributed by atoms with E-state index in [-0.39, 0.29) is 4.90 Å². The average Bonchev–Trinajstić information content (AvgIpc) is 2.77. The van der Waals surface area contributed by atoms with E-state index >= 15 is 0 Å². The van der Waals surface area contributed by atoms with Crippen molar-refractivity contribution in [1.29, 1.82) is 5.26 Å². The van der Waals surface area contributed by atoms with Gasteiger partial charge in [-0.05, 0) is 43.5 Å². The highest BCUT2D eigenvalue weighted by Gasteiger charge is 2.38. The van der Waals surface area contributed by atoms with Crippen LogP contribution in [0.3, 0.4) is 0 Å². The Morgan fingerprint density at radius 2 is 2.00 bits per heavy atom. The van der Waals surface area contributed by atoms with Gasteiger partial charge in [0.1, 0.15) is 11.4 Å². The van der Waals surface area contributed by atoms with Crippen molar-refractivity contribution in [3.8, 4) is 6.07 Å². The lowest BCUT2D eigenvalue weighted by Gasteiger charge is -2.22. The van der Waals surface area contributed by atoms with Gasteiger partial charge in [-0.1, -0.05) is 12.8 Å². The van der Waals surface area contributed by atoms with Crippen LogP contribution in [0.15, 0.2) is 23.1 Å². The zero-order valence-electron chi connectivity index (χ0n) is 10.6. The lowest BCUT2D eigenvalue weighted by Crippen LogP contribution is -2.45. The molecule has 0 saturated heterocycles. The third-order valence-corrected chi connectivity index (χ3v) is 5.12. The average molecular weight is 282 g/mol. The van der Waals surface area contributed by atoms with Gasteiger partial charge in [-0.2, -0.15) is 9.98 Å². The van der Waals surface area contributed by atoms with E-state index in [1.54, 1.807) is 0 Å². The summed E-state index contributed by atoms with van der Waals surface area (Å²) < 4.78 is 40.1. The van der Waals surface area contributed by atoms with Gasteiger partial charge in [0.2, 0.25) is 10.0 Å². The number of halogens is 1. The van der Waals surface area contributed by atoms with Gasteiger partial charge in [-0.25, -0.2) is 12.8 Å². The first-order chi connectivity index (χ1) is 8.88. The summed E-state index contributed by atoms with van der Waals surface area (Å²) in [7, 11) is -3.80. The van der Waals surface area contributed by atoms with E-state index in [0.29, 0.717) is 18.4 Å². The van der Waals surface area contributed by atoms with E-state index in [1.807, 2.05) is 0 Å². The highest BCUT2D eigenvalue weighted by molar-refractivity contribution is 7.89. The predicted molar refractivity (Wildman–Crippen MR) is 68.3 cm³/mol. The van der Waals surface area contributed by atoms with Crippen LogP contribution in [-0.2, 0) is 10.0 Å². The molecule has 1 aliphatic carbocycles. The molecule has 0 heterocycles. The van der Waals surface area contributed by atoms with Gasteiger partial charge < -0.3 is 0 Å². The molecule has 19 heavy (non-hydrogen) atoms. The first-order valence-corrected chi connectivity index (χ1v) is 7.58. The molecule has 0 aromatic heterocycles. The van der Waals surface area contributed by atoms with Gasteiger partial charge in [0, 0.05) is 0 Å². The number of aryl methyl sites for hydroxylation is 1. The molecular formula is C13H15FN2O2S. The van der Waals surface area contributed by atoms with E-state index in [4.69, 9.17) is 0 Å². The molecule has 1 saturated carbocycles. The monoisotopic (exact) mass is 282 g/mol. The van der Waals surface area contributed by atoms with Gasteiger partial charge in [-0.15, -0.1) is 0 Å². The number of sulfonamides is 1. The SMILES string of the molecule is Cc1cc(F)ccc1S(=O)(=O)NC1(C#N)CCCC1. The summed E-state index contributed by atoms with van der Waals surface area (Å²) in [5.41, 5.74) is -0.682. The first kappa shape index (κ1) is 14.0. The van der Waals surface area contributed by atoms with Crippen molar-refractivity contribution in [2.24, 2.45) is 0 Å². The summed E-state index contributed by atoms with van der Waals surface area (Å²) in [5.74, 6) is -0.479. The summed E-state index contributed by atoms with van der Waals surface area (Å²) in [6.45, 7) is 1.53. The summed E-state index contributed by atoms with van der Waals surface area (Å²) in [5, 5.41) is 9.20. The van der Waals surface area contributed by atoms with Crippen LogP contribution in [0.2, 0.25) is 0 Å². The normalized spacial score (nSPS) is 18.2. The quantitative estimate of drug-likeness (QED) is 0.924. The molecule has 0 atom stereocenters. The standard InChI is InChI=1S/C13H15FN2O2S/c1-10-8-11(14)4-5-12(10)19(17,18)16-13(9-15)6-2-3-7-13/h4-5,8,16H,2-3,6-7H2,1H3. The molecule has 6 heteroatoms. The fourth-order valence-electron chi connectivity index (χ4n) is 2.44. The molecule has 0 spiro atoms. The minimum absolute atomic E-state index is 0.0235. The Hall–Kier alpha value is -1.45. The second-order valence-electron chi connectivity index (χ2n) is 4.92. The first-order valence-electron chi connectivity index (χ1n) is 6.10. The lowest BCUT2D eigenvalue weighted by molar-refractivity contribution is 0.485. The van der Waals surface area contributed by atoms with Crippen LogP contribution in [-0.4, -0.2) is 14.0 Å². The summed E-state index contributed by atoms with van der Waals surface area (Å²) in [6.07, 6.45) is 2.70. The fraction of sp³-hybridized carbons (Fsp3) is 0.462. The van der Waals surface area contributed by atoms with Crippen LogP contribution in [0.5, 0.6) is 0 Å². The third-order valence-electron chi connectivity index (χ3n) is 3.43. The Labute approximate surface area is 112 Å². The number of rotatable bonds is 3. The zero-order valence-corrected chi connectivity index (χ0v) is 11.4. The maximum Gasteiger partial charge on any atom is 0.242 e. The van der Waals surface area contributed by atoms with Crippen LogP contribution in [0.4, 0.5) is 4.39 Å². The largest absolute Gasteiger partial charge is 0.242 e. The van der Waals surface area contributed by atoms with E-state index in [2.05, 4.69) is 10.8 Å². The Bertz CT molecular complexity index is 629. The van der Waals surface area contributed by atoms with Crippen molar-refractivity contribution in [3.05, 3.63) is 29.6 Å². The second-order valence-corrected chi connectivity index (χ2v) is 6.57. The fourth-order valence-corrected chi connectivity index (χ4v) is 4.05. The Kier molecular flexibility index (Phi) is 3.61. The number of hydrogen-bond acceptors (Lipinski definition) is 3. The Morgan fingerprint density at radius 3 is 2.53 bits per heavy atom. The molecule has 1 aromatic rings. The van der Waals surface area contributed by atoms with Gasteiger partial charge >= 0.3 is 0 Å². The smallest absolute Gasteiger partial charge is 0.207 e. The molecule has 4 nitrogen and oxygen atoms in total. The van der Waals surface area contributed by atoms with Crippen molar-refractivity contribution in [1.82, 2.24) is 4.72 Å². The third kappa shape index (κ3) is 2.77. The van der Waals surface area contributed by atoms with E-state index in [0.717, 1.165) is 18.9 Å². The van der Waals surface area contributed by atoms with Crippen LogP contribution < -0.4 is 4.72 Å². The molecule has 2 rings (SSSR count).